The Kier molecular flexibility index (Phi) is 4.67. The van der Waals surface area contributed by atoms with Gasteiger partial charge >= 0.3 is 0 Å². The van der Waals surface area contributed by atoms with Gasteiger partial charge < -0.3 is 4.74 Å². The maximum Gasteiger partial charge on any atom is 0.267 e. The molecule has 0 amide bonds. The van der Waals surface area contributed by atoms with Gasteiger partial charge in [-0.05, 0) is 32.4 Å². The Morgan fingerprint density at radius 3 is 2.81 bits per heavy atom. The molecule has 2 aromatic heterocycles. The third-order valence-corrected chi connectivity index (χ3v) is 6.79. The van der Waals surface area contributed by atoms with Gasteiger partial charge in [0, 0.05) is 22.6 Å². The highest BCUT2D eigenvalue weighted by Crippen LogP contribution is 2.37. The Labute approximate surface area is 161 Å². The Morgan fingerprint density at radius 1 is 1.31 bits per heavy atom. The van der Waals surface area contributed by atoms with Gasteiger partial charge in [-0.1, -0.05) is 36.9 Å². The van der Waals surface area contributed by atoms with Crippen molar-refractivity contribution in [3.63, 3.8) is 0 Å². The molecular formula is C20H22N2O2S2. The number of fused-ring (bicyclic) bond motifs is 3. The lowest BCUT2D eigenvalue weighted by molar-refractivity contribution is -0.0382. The van der Waals surface area contributed by atoms with Gasteiger partial charge in [0.15, 0.2) is 5.16 Å². The molecule has 0 unspecified atom stereocenters. The summed E-state index contributed by atoms with van der Waals surface area (Å²) in [7, 11) is 0. The van der Waals surface area contributed by atoms with Gasteiger partial charge in [-0.2, -0.15) is 0 Å². The summed E-state index contributed by atoms with van der Waals surface area (Å²) in [4.78, 5) is 20.4. The van der Waals surface area contributed by atoms with Crippen LogP contribution in [0.15, 0.2) is 40.3 Å². The summed E-state index contributed by atoms with van der Waals surface area (Å²) in [5.74, 6) is 0.937. The van der Waals surface area contributed by atoms with Crippen molar-refractivity contribution in [2.45, 2.75) is 51.0 Å². The van der Waals surface area contributed by atoms with E-state index >= 15 is 0 Å². The molecule has 4 rings (SSSR count). The van der Waals surface area contributed by atoms with Crippen molar-refractivity contribution in [2.24, 2.45) is 0 Å². The maximum atomic E-state index is 13.5. The SMILES string of the molecule is CCCSc1nc2sc3c(c2c(=O)n1-c1ccccc1)COC(C)(C)C3. The van der Waals surface area contributed by atoms with Gasteiger partial charge in [-0.15, -0.1) is 11.3 Å². The minimum absolute atomic E-state index is 0.0145. The Hall–Kier alpha value is -1.63. The maximum absolute atomic E-state index is 13.5. The number of benzene rings is 1. The van der Waals surface area contributed by atoms with Gasteiger partial charge in [-0.3, -0.25) is 9.36 Å². The van der Waals surface area contributed by atoms with E-state index in [0.717, 1.165) is 45.2 Å². The molecule has 4 nitrogen and oxygen atoms in total. The lowest BCUT2D eigenvalue weighted by atomic mass is 9.98. The highest BCUT2D eigenvalue weighted by molar-refractivity contribution is 7.99. The first-order chi connectivity index (χ1) is 12.5. The molecule has 1 aromatic carbocycles. The van der Waals surface area contributed by atoms with Gasteiger partial charge in [0.25, 0.3) is 5.56 Å². The molecule has 1 aliphatic rings. The molecule has 0 N–H and O–H groups in total. The Balaban J connectivity index is 1.97. The van der Waals surface area contributed by atoms with Crippen LogP contribution in [0.25, 0.3) is 15.9 Å². The predicted octanol–water partition coefficient (Wildman–Crippen LogP) is 4.80. The zero-order valence-electron chi connectivity index (χ0n) is 15.2. The molecule has 0 saturated heterocycles. The average molecular weight is 387 g/mol. The molecule has 0 saturated carbocycles. The van der Waals surface area contributed by atoms with Crippen LogP contribution in [0.1, 0.15) is 37.6 Å². The minimum atomic E-state index is -0.188. The molecule has 0 atom stereocenters. The van der Waals surface area contributed by atoms with E-state index in [0.29, 0.717) is 6.61 Å². The molecule has 1 aliphatic heterocycles. The van der Waals surface area contributed by atoms with E-state index in [-0.39, 0.29) is 11.2 Å². The molecule has 3 heterocycles. The van der Waals surface area contributed by atoms with Crippen LogP contribution in [0.2, 0.25) is 0 Å². The van der Waals surface area contributed by atoms with E-state index in [1.165, 1.54) is 4.88 Å². The summed E-state index contributed by atoms with van der Waals surface area (Å²) in [6.07, 6.45) is 1.86. The van der Waals surface area contributed by atoms with Gasteiger partial charge in [0.2, 0.25) is 0 Å². The number of ether oxygens (including phenoxy) is 1. The molecule has 0 aliphatic carbocycles. The zero-order valence-corrected chi connectivity index (χ0v) is 16.9. The van der Waals surface area contributed by atoms with Crippen molar-refractivity contribution in [3.05, 3.63) is 51.1 Å². The van der Waals surface area contributed by atoms with Crippen LogP contribution >= 0.6 is 23.1 Å². The minimum Gasteiger partial charge on any atom is -0.370 e. The number of aromatic nitrogens is 2. The normalized spacial score (nSPS) is 16.0. The monoisotopic (exact) mass is 386 g/mol. The Morgan fingerprint density at radius 2 is 2.08 bits per heavy atom. The summed E-state index contributed by atoms with van der Waals surface area (Å²) in [5.41, 5.74) is 1.72. The number of hydrogen-bond donors (Lipinski definition) is 0. The van der Waals surface area contributed by atoms with Gasteiger partial charge in [0.05, 0.1) is 23.3 Å². The number of thioether (sulfide) groups is 1. The highest BCUT2D eigenvalue weighted by atomic mass is 32.2. The van der Waals surface area contributed by atoms with E-state index in [1.807, 2.05) is 30.3 Å². The molecule has 136 valence electrons. The van der Waals surface area contributed by atoms with Crippen molar-refractivity contribution in [1.82, 2.24) is 9.55 Å². The lowest BCUT2D eigenvalue weighted by Crippen LogP contribution is -2.31. The van der Waals surface area contributed by atoms with E-state index < -0.39 is 0 Å². The van der Waals surface area contributed by atoms with Crippen LogP contribution < -0.4 is 5.56 Å². The largest absolute Gasteiger partial charge is 0.370 e. The molecule has 0 spiro atoms. The Bertz CT molecular complexity index is 1010. The second kappa shape index (κ2) is 6.83. The van der Waals surface area contributed by atoms with Crippen molar-refractivity contribution in [3.8, 4) is 5.69 Å². The highest BCUT2D eigenvalue weighted by Gasteiger charge is 2.31. The predicted molar refractivity (Wildman–Crippen MR) is 109 cm³/mol. The fourth-order valence-corrected chi connectivity index (χ4v) is 5.53. The molecule has 6 heteroatoms. The molecule has 0 bridgehead atoms. The topological polar surface area (TPSA) is 44.1 Å². The third kappa shape index (κ3) is 3.10. The summed E-state index contributed by atoms with van der Waals surface area (Å²) >= 11 is 3.29. The zero-order chi connectivity index (χ0) is 18.3. The lowest BCUT2D eigenvalue weighted by Gasteiger charge is -2.29. The molecule has 26 heavy (non-hydrogen) atoms. The van der Waals surface area contributed by atoms with Crippen LogP contribution in [0, 0.1) is 0 Å². The van der Waals surface area contributed by atoms with Gasteiger partial charge in [-0.25, -0.2) is 4.98 Å². The van der Waals surface area contributed by atoms with E-state index in [1.54, 1.807) is 27.7 Å². The second-order valence-electron chi connectivity index (χ2n) is 7.13. The quantitative estimate of drug-likeness (QED) is 0.477. The first-order valence-electron chi connectivity index (χ1n) is 8.89. The number of thiophene rings is 1. The van der Waals surface area contributed by atoms with Crippen molar-refractivity contribution < 1.29 is 4.74 Å². The number of para-hydroxylation sites is 1. The summed E-state index contributed by atoms with van der Waals surface area (Å²) in [6, 6.07) is 9.79. The fraction of sp³-hybridized carbons (Fsp3) is 0.400. The van der Waals surface area contributed by atoms with Crippen molar-refractivity contribution in [2.75, 3.05) is 5.75 Å². The van der Waals surface area contributed by atoms with Crippen molar-refractivity contribution in [1.29, 1.82) is 0 Å². The molecule has 0 radical (unpaired) electrons. The first kappa shape index (κ1) is 17.8. The molecule has 0 fully saturated rings. The summed E-state index contributed by atoms with van der Waals surface area (Å²) in [5, 5.41) is 1.50. The fourth-order valence-electron chi connectivity index (χ4n) is 3.23. The molecular weight excluding hydrogens is 364 g/mol. The standard InChI is InChI=1S/C20H22N2O2S2/c1-4-10-25-19-21-17-16(14-12-24-20(2,3)11-15(14)26-17)18(23)22(19)13-8-6-5-7-9-13/h5-9H,4,10-12H2,1-3H3. The number of nitrogens with zero attached hydrogens (tertiary/aromatic N) is 2. The van der Waals surface area contributed by atoms with E-state index in [2.05, 4.69) is 20.8 Å². The third-order valence-electron chi connectivity index (χ3n) is 4.52. The summed E-state index contributed by atoms with van der Waals surface area (Å²) < 4.78 is 7.74. The van der Waals surface area contributed by atoms with Crippen LogP contribution in [0.4, 0.5) is 0 Å². The van der Waals surface area contributed by atoms with Crippen LogP contribution in [-0.2, 0) is 17.8 Å². The smallest absolute Gasteiger partial charge is 0.267 e. The molecule has 3 aromatic rings. The van der Waals surface area contributed by atoms with E-state index in [9.17, 15) is 4.79 Å². The van der Waals surface area contributed by atoms with Crippen LogP contribution in [-0.4, -0.2) is 20.9 Å². The van der Waals surface area contributed by atoms with Crippen molar-refractivity contribution >= 4 is 33.3 Å². The number of hydrogen-bond acceptors (Lipinski definition) is 5. The number of rotatable bonds is 4. The van der Waals surface area contributed by atoms with Gasteiger partial charge in [0.1, 0.15) is 4.83 Å². The average Bonchev–Trinajstić information content (AvgIpc) is 2.97. The first-order valence-corrected chi connectivity index (χ1v) is 10.7. The van der Waals surface area contributed by atoms with Crippen LogP contribution in [0.5, 0.6) is 0 Å². The summed E-state index contributed by atoms with van der Waals surface area (Å²) in [6.45, 7) is 6.81. The van der Waals surface area contributed by atoms with E-state index in [4.69, 9.17) is 9.72 Å². The van der Waals surface area contributed by atoms with Crippen LogP contribution in [0.3, 0.4) is 0 Å². The second-order valence-corrected chi connectivity index (χ2v) is 9.27.